The molecule has 1 amide bonds. The van der Waals surface area contributed by atoms with Crippen LogP contribution in [-0.2, 0) is 9.84 Å². The van der Waals surface area contributed by atoms with Crippen molar-refractivity contribution in [2.45, 2.75) is 4.90 Å². The van der Waals surface area contributed by atoms with Crippen molar-refractivity contribution in [3.63, 3.8) is 0 Å². The number of nitrogens with one attached hydrogen (secondary N) is 1. The van der Waals surface area contributed by atoms with Crippen LogP contribution in [0.3, 0.4) is 0 Å². The number of nitrogens with zero attached hydrogens (tertiary/aromatic N) is 1. The van der Waals surface area contributed by atoms with Crippen LogP contribution in [0.2, 0.25) is 0 Å². The van der Waals surface area contributed by atoms with Gasteiger partial charge in [0.15, 0.2) is 9.84 Å². The van der Waals surface area contributed by atoms with Gasteiger partial charge in [-0.2, -0.15) is 5.26 Å². The summed E-state index contributed by atoms with van der Waals surface area (Å²) in [6.45, 7) is 0. The topological polar surface area (TPSA) is 87.0 Å². The number of carbonyl (C=O) groups excluding carboxylic acids is 1. The van der Waals surface area contributed by atoms with Crippen molar-refractivity contribution < 1.29 is 13.2 Å². The number of sulfone groups is 1. The van der Waals surface area contributed by atoms with Crippen molar-refractivity contribution in [3.05, 3.63) is 59.7 Å². The van der Waals surface area contributed by atoms with Crippen LogP contribution in [0.1, 0.15) is 15.9 Å². The summed E-state index contributed by atoms with van der Waals surface area (Å²) in [7, 11) is -3.27. The molecule has 0 bridgehead atoms. The van der Waals surface area contributed by atoms with E-state index >= 15 is 0 Å². The lowest BCUT2D eigenvalue weighted by atomic mass is 10.2. The number of anilines is 1. The standard InChI is InChI=1S/C15H12N2O3S/c1-21(19,20)14-8-4-12(5-9-14)15(18)17-13-6-2-11(10-16)3-7-13/h2-9H,1H3,(H,17,18). The van der Waals surface area contributed by atoms with Gasteiger partial charge >= 0.3 is 0 Å². The van der Waals surface area contributed by atoms with E-state index in [9.17, 15) is 13.2 Å². The summed E-state index contributed by atoms with van der Waals surface area (Å²) in [4.78, 5) is 12.2. The Morgan fingerprint density at radius 2 is 1.62 bits per heavy atom. The molecule has 2 aromatic rings. The Balaban J connectivity index is 2.15. The minimum Gasteiger partial charge on any atom is -0.322 e. The second kappa shape index (κ2) is 5.77. The highest BCUT2D eigenvalue weighted by Gasteiger charge is 2.10. The SMILES string of the molecule is CS(=O)(=O)c1ccc(C(=O)Nc2ccc(C#N)cc2)cc1. The zero-order valence-corrected chi connectivity index (χ0v) is 12.0. The van der Waals surface area contributed by atoms with Gasteiger partial charge in [0.2, 0.25) is 0 Å². The number of amides is 1. The molecule has 0 aliphatic heterocycles. The maximum absolute atomic E-state index is 12.0. The summed E-state index contributed by atoms with van der Waals surface area (Å²) in [6, 6.07) is 14.1. The molecule has 2 rings (SSSR count). The molecule has 0 fully saturated rings. The van der Waals surface area contributed by atoms with Crippen molar-refractivity contribution in [3.8, 4) is 6.07 Å². The van der Waals surface area contributed by atoms with Crippen LogP contribution < -0.4 is 5.32 Å². The number of hydrogen-bond acceptors (Lipinski definition) is 4. The quantitative estimate of drug-likeness (QED) is 0.941. The predicted octanol–water partition coefficient (Wildman–Crippen LogP) is 2.21. The minimum absolute atomic E-state index is 0.164. The molecule has 106 valence electrons. The molecular formula is C15H12N2O3S. The highest BCUT2D eigenvalue weighted by atomic mass is 32.2. The number of hydrogen-bond donors (Lipinski definition) is 1. The highest BCUT2D eigenvalue weighted by molar-refractivity contribution is 7.90. The Labute approximate surface area is 122 Å². The van der Waals surface area contributed by atoms with Crippen molar-refractivity contribution >= 4 is 21.4 Å². The van der Waals surface area contributed by atoms with Crippen LogP contribution in [0.15, 0.2) is 53.4 Å². The molecule has 0 radical (unpaired) electrons. The van der Waals surface area contributed by atoms with E-state index in [0.717, 1.165) is 6.26 Å². The third-order valence-electron chi connectivity index (χ3n) is 2.82. The minimum atomic E-state index is -3.27. The molecule has 6 heteroatoms. The van der Waals surface area contributed by atoms with Crippen LogP contribution in [0.25, 0.3) is 0 Å². The van der Waals surface area contributed by atoms with Gasteiger partial charge in [-0.25, -0.2) is 8.42 Å². The summed E-state index contributed by atoms with van der Waals surface area (Å²) in [5, 5.41) is 11.4. The van der Waals surface area contributed by atoms with E-state index in [0.29, 0.717) is 16.8 Å². The Hall–Kier alpha value is -2.65. The smallest absolute Gasteiger partial charge is 0.255 e. The van der Waals surface area contributed by atoms with Gasteiger partial charge in [0.25, 0.3) is 5.91 Å². The largest absolute Gasteiger partial charge is 0.322 e. The molecule has 0 aliphatic carbocycles. The Morgan fingerprint density at radius 1 is 1.05 bits per heavy atom. The van der Waals surface area contributed by atoms with Crippen LogP contribution in [0.4, 0.5) is 5.69 Å². The molecular weight excluding hydrogens is 288 g/mol. The van der Waals surface area contributed by atoms with E-state index in [-0.39, 0.29) is 10.8 Å². The fraction of sp³-hybridized carbons (Fsp3) is 0.0667. The van der Waals surface area contributed by atoms with Crippen molar-refractivity contribution in [1.82, 2.24) is 0 Å². The lowest BCUT2D eigenvalue weighted by Crippen LogP contribution is -2.12. The predicted molar refractivity (Wildman–Crippen MR) is 78.7 cm³/mol. The lowest BCUT2D eigenvalue weighted by Gasteiger charge is -2.06. The van der Waals surface area contributed by atoms with E-state index in [1.54, 1.807) is 24.3 Å². The lowest BCUT2D eigenvalue weighted by molar-refractivity contribution is 0.102. The van der Waals surface area contributed by atoms with Gasteiger partial charge < -0.3 is 5.32 Å². The van der Waals surface area contributed by atoms with E-state index in [1.807, 2.05) is 6.07 Å². The normalized spacial score (nSPS) is 10.7. The third kappa shape index (κ3) is 3.68. The van der Waals surface area contributed by atoms with E-state index in [1.165, 1.54) is 24.3 Å². The second-order valence-electron chi connectivity index (χ2n) is 4.44. The first-order chi connectivity index (χ1) is 9.90. The molecule has 21 heavy (non-hydrogen) atoms. The van der Waals surface area contributed by atoms with Gasteiger partial charge in [0.1, 0.15) is 0 Å². The monoisotopic (exact) mass is 300 g/mol. The molecule has 0 spiro atoms. The van der Waals surface area contributed by atoms with Crippen LogP contribution >= 0.6 is 0 Å². The summed E-state index contributed by atoms with van der Waals surface area (Å²) in [5.41, 5.74) is 1.42. The summed E-state index contributed by atoms with van der Waals surface area (Å²) >= 11 is 0. The average Bonchev–Trinajstić information content (AvgIpc) is 2.47. The molecule has 1 N–H and O–H groups in total. The number of benzene rings is 2. The first-order valence-electron chi connectivity index (χ1n) is 6.02. The molecule has 0 unspecified atom stereocenters. The fourth-order valence-electron chi connectivity index (χ4n) is 1.68. The average molecular weight is 300 g/mol. The number of rotatable bonds is 3. The highest BCUT2D eigenvalue weighted by Crippen LogP contribution is 2.13. The summed E-state index contributed by atoms with van der Waals surface area (Å²) < 4.78 is 22.7. The van der Waals surface area contributed by atoms with Gasteiger partial charge in [0.05, 0.1) is 16.5 Å². The maximum Gasteiger partial charge on any atom is 0.255 e. The van der Waals surface area contributed by atoms with Crippen molar-refractivity contribution in [2.75, 3.05) is 11.6 Å². The molecule has 0 heterocycles. The van der Waals surface area contributed by atoms with Crippen molar-refractivity contribution in [1.29, 1.82) is 5.26 Å². The molecule has 0 saturated carbocycles. The van der Waals surface area contributed by atoms with Gasteiger partial charge in [-0.3, -0.25) is 4.79 Å². The zero-order valence-electron chi connectivity index (χ0n) is 11.2. The van der Waals surface area contributed by atoms with Gasteiger partial charge in [0, 0.05) is 17.5 Å². The van der Waals surface area contributed by atoms with E-state index < -0.39 is 9.84 Å². The van der Waals surface area contributed by atoms with Gasteiger partial charge in [-0.15, -0.1) is 0 Å². The summed E-state index contributed by atoms with van der Waals surface area (Å²) in [5.74, 6) is -0.347. The Morgan fingerprint density at radius 3 is 2.10 bits per heavy atom. The fourth-order valence-corrected chi connectivity index (χ4v) is 2.32. The van der Waals surface area contributed by atoms with Crippen LogP contribution in [0.5, 0.6) is 0 Å². The first kappa shape index (κ1) is 14.8. The number of nitriles is 1. The Bertz CT molecular complexity index is 801. The molecule has 0 aliphatic rings. The third-order valence-corrected chi connectivity index (χ3v) is 3.94. The van der Waals surface area contributed by atoms with E-state index in [2.05, 4.69) is 5.32 Å². The molecule has 0 aromatic heterocycles. The first-order valence-corrected chi connectivity index (χ1v) is 7.91. The van der Waals surface area contributed by atoms with E-state index in [4.69, 9.17) is 5.26 Å². The number of carbonyl (C=O) groups is 1. The molecule has 0 saturated heterocycles. The van der Waals surface area contributed by atoms with Gasteiger partial charge in [-0.05, 0) is 48.5 Å². The van der Waals surface area contributed by atoms with Crippen molar-refractivity contribution in [2.24, 2.45) is 0 Å². The van der Waals surface area contributed by atoms with Crippen LogP contribution in [0, 0.1) is 11.3 Å². The second-order valence-corrected chi connectivity index (χ2v) is 6.46. The Kier molecular flexibility index (Phi) is 4.05. The zero-order chi connectivity index (χ0) is 15.5. The molecule has 0 atom stereocenters. The maximum atomic E-state index is 12.0. The van der Waals surface area contributed by atoms with Gasteiger partial charge in [-0.1, -0.05) is 0 Å². The van der Waals surface area contributed by atoms with Crippen LogP contribution in [-0.4, -0.2) is 20.6 Å². The summed E-state index contributed by atoms with van der Waals surface area (Å²) in [6.07, 6.45) is 1.11. The molecule has 5 nitrogen and oxygen atoms in total. The molecule has 2 aromatic carbocycles.